The minimum Gasteiger partial charge on any atom is -0.299 e. The molecule has 1 aliphatic rings. The number of hydrogen-bond donors (Lipinski definition) is 0. The van der Waals surface area contributed by atoms with Crippen LogP contribution in [0.3, 0.4) is 0 Å². The molecule has 3 aromatic rings. The van der Waals surface area contributed by atoms with Crippen LogP contribution in [0.1, 0.15) is 62.2 Å². The first-order valence-electron chi connectivity index (χ1n) is 10.2. The van der Waals surface area contributed by atoms with Crippen molar-refractivity contribution in [3.63, 3.8) is 0 Å². The van der Waals surface area contributed by atoms with Gasteiger partial charge in [-0.15, -0.1) is 0 Å². The van der Waals surface area contributed by atoms with Gasteiger partial charge in [-0.2, -0.15) is 18.3 Å². The third-order valence-corrected chi connectivity index (χ3v) is 5.67. The molecule has 0 bridgehead atoms. The number of piperidine rings is 1. The Morgan fingerprint density at radius 1 is 1.03 bits per heavy atom. The number of nitrogens with zero attached hydrogens (tertiary/aromatic N) is 5. The predicted octanol–water partition coefficient (Wildman–Crippen LogP) is 4.82. The van der Waals surface area contributed by atoms with Gasteiger partial charge in [-0.25, -0.2) is 9.50 Å². The molecule has 1 aliphatic heterocycles. The van der Waals surface area contributed by atoms with Crippen LogP contribution in [0.2, 0.25) is 0 Å². The van der Waals surface area contributed by atoms with E-state index >= 15 is 0 Å². The van der Waals surface area contributed by atoms with Crippen molar-refractivity contribution in [2.75, 3.05) is 13.1 Å². The third-order valence-electron chi connectivity index (χ3n) is 5.67. The van der Waals surface area contributed by atoms with Crippen LogP contribution in [0.5, 0.6) is 0 Å². The molecule has 0 amide bonds. The van der Waals surface area contributed by atoms with Gasteiger partial charge in [-0.05, 0) is 49.7 Å². The lowest BCUT2D eigenvalue weighted by Crippen LogP contribution is -2.32. The summed E-state index contributed by atoms with van der Waals surface area (Å²) in [6.07, 6.45) is 0.814. The van der Waals surface area contributed by atoms with E-state index in [-0.39, 0.29) is 11.6 Å². The zero-order valence-corrected chi connectivity index (χ0v) is 17.4. The summed E-state index contributed by atoms with van der Waals surface area (Å²) in [5.41, 5.74) is 1.35. The van der Waals surface area contributed by atoms with Gasteiger partial charge in [0.1, 0.15) is 5.69 Å². The average molecular weight is 417 g/mol. The summed E-state index contributed by atoms with van der Waals surface area (Å²) in [5.74, 6) is 0.138. The highest BCUT2D eigenvalue weighted by Crippen LogP contribution is 2.34. The Kier molecular flexibility index (Phi) is 5.30. The number of pyridine rings is 1. The summed E-state index contributed by atoms with van der Waals surface area (Å²) in [4.78, 5) is 10.9. The third kappa shape index (κ3) is 4.33. The van der Waals surface area contributed by atoms with Gasteiger partial charge in [0.2, 0.25) is 0 Å². The molecule has 0 saturated carbocycles. The Hall–Kier alpha value is -2.48. The molecule has 0 unspecified atom stereocenters. The molecule has 4 rings (SSSR count). The second-order valence-electron chi connectivity index (χ2n) is 9.02. The number of rotatable bonds is 3. The van der Waals surface area contributed by atoms with Crippen LogP contribution in [-0.4, -0.2) is 37.6 Å². The smallest absolute Gasteiger partial charge is 0.299 e. The van der Waals surface area contributed by atoms with Gasteiger partial charge < -0.3 is 0 Å². The molecule has 0 aliphatic carbocycles. The maximum Gasteiger partial charge on any atom is 0.433 e. The number of halogens is 3. The highest BCUT2D eigenvalue weighted by atomic mass is 19.4. The van der Waals surface area contributed by atoms with Crippen molar-refractivity contribution in [2.45, 2.75) is 57.7 Å². The van der Waals surface area contributed by atoms with Gasteiger partial charge in [-0.1, -0.05) is 20.8 Å². The molecule has 1 fully saturated rings. The lowest BCUT2D eigenvalue weighted by molar-refractivity contribution is -0.142. The Labute approximate surface area is 173 Å². The normalized spacial score (nSPS) is 17.0. The van der Waals surface area contributed by atoms with Crippen LogP contribution in [0.4, 0.5) is 13.2 Å². The largest absolute Gasteiger partial charge is 0.433 e. The maximum atomic E-state index is 13.7. The Balaban J connectivity index is 1.57. The number of likely N-dealkylation sites (tertiary alicyclic amines) is 1. The first-order chi connectivity index (χ1) is 14.1. The van der Waals surface area contributed by atoms with E-state index in [0.717, 1.165) is 43.1 Å². The summed E-state index contributed by atoms with van der Waals surface area (Å²) < 4.78 is 42.1. The number of aromatic nitrogens is 4. The summed E-state index contributed by atoms with van der Waals surface area (Å²) >= 11 is 0. The van der Waals surface area contributed by atoms with Gasteiger partial charge in [0, 0.05) is 36.3 Å². The topological polar surface area (TPSA) is 46.3 Å². The van der Waals surface area contributed by atoms with Crippen LogP contribution in [0.25, 0.3) is 5.65 Å². The molecule has 30 heavy (non-hydrogen) atoms. The molecule has 0 atom stereocenters. The van der Waals surface area contributed by atoms with E-state index in [9.17, 15) is 13.2 Å². The minimum absolute atomic E-state index is 0.138. The summed E-state index contributed by atoms with van der Waals surface area (Å²) in [6, 6.07) is 6.87. The molecular weight excluding hydrogens is 391 g/mol. The average Bonchev–Trinajstić information content (AvgIpc) is 3.11. The van der Waals surface area contributed by atoms with Crippen molar-refractivity contribution >= 4 is 5.65 Å². The molecule has 4 heterocycles. The molecule has 0 spiro atoms. The van der Waals surface area contributed by atoms with Gasteiger partial charge >= 0.3 is 6.18 Å². The minimum atomic E-state index is -4.49. The summed E-state index contributed by atoms with van der Waals surface area (Å²) in [7, 11) is 0. The molecule has 0 N–H and O–H groups in total. The fraction of sp³-hybridized carbons (Fsp3) is 0.500. The first-order valence-corrected chi connectivity index (χ1v) is 10.2. The lowest BCUT2D eigenvalue weighted by Gasteiger charge is -2.31. The molecular formula is C22H26F3N5. The van der Waals surface area contributed by atoms with E-state index < -0.39 is 17.3 Å². The fourth-order valence-corrected chi connectivity index (χ4v) is 3.91. The van der Waals surface area contributed by atoms with Crippen LogP contribution >= 0.6 is 0 Å². The van der Waals surface area contributed by atoms with E-state index in [0.29, 0.717) is 11.4 Å². The van der Waals surface area contributed by atoms with Gasteiger partial charge in [0.15, 0.2) is 5.65 Å². The molecule has 5 nitrogen and oxygen atoms in total. The van der Waals surface area contributed by atoms with Crippen LogP contribution in [-0.2, 0) is 18.1 Å². The van der Waals surface area contributed by atoms with Gasteiger partial charge in [0.25, 0.3) is 0 Å². The van der Waals surface area contributed by atoms with E-state index in [1.54, 1.807) is 18.5 Å². The standard InChI is InChI=1S/C22H26F3N5/c1-21(2,3)18-13-19(22(23,24)25)30-20(27-18)12-17(28-30)16-6-10-29(11-7-16)14-15-4-8-26-9-5-15/h4-5,8-9,12-13,16H,6-7,10-11,14H2,1-3H3. The Morgan fingerprint density at radius 3 is 2.30 bits per heavy atom. The van der Waals surface area contributed by atoms with Crippen LogP contribution < -0.4 is 0 Å². The van der Waals surface area contributed by atoms with Gasteiger partial charge in [-0.3, -0.25) is 9.88 Å². The highest BCUT2D eigenvalue weighted by Gasteiger charge is 2.37. The van der Waals surface area contributed by atoms with Crippen molar-refractivity contribution < 1.29 is 13.2 Å². The summed E-state index contributed by atoms with van der Waals surface area (Å²) in [6.45, 7) is 8.21. The highest BCUT2D eigenvalue weighted by molar-refractivity contribution is 5.44. The van der Waals surface area contributed by atoms with Crippen molar-refractivity contribution in [1.29, 1.82) is 0 Å². The molecule has 0 radical (unpaired) electrons. The fourth-order valence-electron chi connectivity index (χ4n) is 3.91. The second-order valence-corrected chi connectivity index (χ2v) is 9.02. The number of fused-ring (bicyclic) bond motifs is 1. The van der Waals surface area contributed by atoms with Crippen LogP contribution in [0.15, 0.2) is 36.7 Å². The predicted molar refractivity (Wildman–Crippen MR) is 108 cm³/mol. The Morgan fingerprint density at radius 2 is 1.70 bits per heavy atom. The second kappa shape index (κ2) is 7.65. The van der Waals surface area contributed by atoms with E-state index in [1.165, 1.54) is 5.56 Å². The van der Waals surface area contributed by atoms with E-state index in [2.05, 4.69) is 20.0 Å². The Bertz CT molecular complexity index is 1010. The maximum absolute atomic E-state index is 13.7. The monoisotopic (exact) mass is 417 g/mol. The number of hydrogen-bond acceptors (Lipinski definition) is 4. The van der Waals surface area contributed by atoms with Crippen molar-refractivity contribution in [1.82, 2.24) is 24.5 Å². The summed E-state index contributed by atoms with van der Waals surface area (Å²) in [5, 5.41) is 4.34. The number of alkyl halides is 3. The zero-order chi connectivity index (χ0) is 21.5. The van der Waals surface area contributed by atoms with Gasteiger partial charge in [0.05, 0.1) is 11.4 Å². The first kappa shape index (κ1) is 20.8. The molecule has 1 saturated heterocycles. The van der Waals surface area contributed by atoms with E-state index in [4.69, 9.17) is 0 Å². The SMILES string of the molecule is CC(C)(C)c1cc(C(F)(F)F)n2nc(C3CCN(Cc4ccncc4)CC3)cc2n1. The van der Waals surface area contributed by atoms with E-state index in [1.807, 2.05) is 32.9 Å². The van der Waals surface area contributed by atoms with Crippen LogP contribution in [0, 0.1) is 0 Å². The molecule has 8 heteroatoms. The van der Waals surface area contributed by atoms with Crippen molar-refractivity contribution in [3.8, 4) is 0 Å². The quantitative estimate of drug-likeness (QED) is 0.613. The lowest BCUT2D eigenvalue weighted by atomic mass is 9.91. The molecule has 160 valence electrons. The molecule has 3 aromatic heterocycles. The molecule has 0 aromatic carbocycles. The van der Waals surface area contributed by atoms with Crippen molar-refractivity contribution in [2.24, 2.45) is 0 Å². The van der Waals surface area contributed by atoms with Crippen molar-refractivity contribution in [3.05, 3.63) is 59.3 Å². The zero-order valence-electron chi connectivity index (χ0n) is 17.4.